The zero-order valence-electron chi connectivity index (χ0n) is 9.58. The number of hydrogen-bond acceptors (Lipinski definition) is 2. The minimum absolute atomic E-state index is 0.0448. The second-order valence-corrected chi connectivity index (χ2v) is 5.72. The number of aliphatic hydroxyl groups is 1. The Bertz CT molecular complexity index is 607. The van der Waals surface area contributed by atoms with Crippen molar-refractivity contribution in [3.8, 4) is 0 Å². The normalized spacial score (nSPS) is 12.5. The number of rotatable bonds is 3. The molecule has 6 heteroatoms. The fourth-order valence-electron chi connectivity index (χ4n) is 1.68. The molecule has 0 radical (unpaired) electrons. The highest BCUT2D eigenvalue weighted by Gasteiger charge is 2.17. The summed E-state index contributed by atoms with van der Waals surface area (Å²) in [5, 5.41) is 10.1. The van der Waals surface area contributed by atoms with Crippen molar-refractivity contribution in [3.63, 3.8) is 0 Å². The molecule has 2 aromatic rings. The van der Waals surface area contributed by atoms with Gasteiger partial charge >= 0.3 is 0 Å². The maximum atomic E-state index is 13.5. The molecule has 1 aromatic heterocycles. The minimum atomic E-state index is -1.02. The number of aliphatic hydroxyl groups excluding tert-OH is 1. The summed E-state index contributed by atoms with van der Waals surface area (Å²) in [6, 6.07) is 5.62. The third-order valence-corrected chi connectivity index (χ3v) is 3.67. The van der Waals surface area contributed by atoms with Crippen molar-refractivity contribution in [3.05, 3.63) is 62.3 Å². The van der Waals surface area contributed by atoms with Gasteiger partial charge in [-0.05, 0) is 49.6 Å². The van der Waals surface area contributed by atoms with E-state index in [-0.39, 0.29) is 12.0 Å². The van der Waals surface area contributed by atoms with Gasteiger partial charge in [0.15, 0.2) is 11.6 Å². The molecule has 100 valence electrons. The van der Waals surface area contributed by atoms with Gasteiger partial charge in [-0.25, -0.2) is 8.78 Å². The summed E-state index contributed by atoms with van der Waals surface area (Å²) in [6.07, 6.45) is 0.473. The molecule has 1 atom stereocenters. The smallest absolute Gasteiger partial charge is 0.162 e. The van der Waals surface area contributed by atoms with Gasteiger partial charge in [0, 0.05) is 21.6 Å². The Labute approximate surface area is 125 Å². The number of aromatic nitrogens is 1. The summed E-state index contributed by atoms with van der Waals surface area (Å²) < 4.78 is 28.0. The average molecular weight is 393 g/mol. The van der Waals surface area contributed by atoms with Gasteiger partial charge in [0.1, 0.15) is 6.10 Å². The fraction of sp³-hybridized carbons (Fsp3) is 0.154. The van der Waals surface area contributed by atoms with E-state index in [2.05, 4.69) is 36.8 Å². The van der Waals surface area contributed by atoms with Crippen LogP contribution >= 0.6 is 31.9 Å². The standard InChI is InChI=1S/C13H9Br2F2NO/c14-8-5-9(15)13(18-6-8)11(19)4-7-2-1-3-10(16)12(7)17/h1-3,5-6,11,19H,4H2. The summed E-state index contributed by atoms with van der Waals surface area (Å²) in [6.45, 7) is 0. The topological polar surface area (TPSA) is 33.1 Å². The van der Waals surface area contributed by atoms with Crippen LogP contribution in [-0.4, -0.2) is 10.1 Å². The second-order valence-electron chi connectivity index (χ2n) is 3.95. The lowest BCUT2D eigenvalue weighted by Gasteiger charge is -2.12. The van der Waals surface area contributed by atoms with Crippen molar-refractivity contribution in [1.29, 1.82) is 0 Å². The van der Waals surface area contributed by atoms with Crippen molar-refractivity contribution in [2.75, 3.05) is 0 Å². The Hall–Kier alpha value is -0.850. The van der Waals surface area contributed by atoms with Crippen LogP contribution in [0.1, 0.15) is 17.4 Å². The largest absolute Gasteiger partial charge is 0.386 e. The lowest BCUT2D eigenvalue weighted by atomic mass is 10.0. The van der Waals surface area contributed by atoms with Crippen molar-refractivity contribution < 1.29 is 13.9 Å². The molecule has 1 heterocycles. The van der Waals surface area contributed by atoms with Gasteiger partial charge in [0.25, 0.3) is 0 Å². The summed E-state index contributed by atoms with van der Waals surface area (Å²) in [5.74, 6) is -1.86. The second kappa shape index (κ2) is 6.07. The summed E-state index contributed by atoms with van der Waals surface area (Å²) in [7, 11) is 0. The molecule has 1 unspecified atom stereocenters. The first kappa shape index (κ1) is 14.6. The van der Waals surface area contributed by atoms with Crippen LogP contribution in [-0.2, 0) is 6.42 Å². The maximum Gasteiger partial charge on any atom is 0.162 e. The number of pyridine rings is 1. The van der Waals surface area contributed by atoms with E-state index in [4.69, 9.17) is 0 Å². The third-order valence-electron chi connectivity index (χ3n) is 2.60. The summed E-state index contributed by atoms with van der Waals surface area (Å²) >= 11 is 6.52. The van der Waals surface area contributed by atoms with Crippen molar-refractivity contribution in [2.24, 2.45) is 0 Å². The Morgan fingerprint density at radius 3 is 2.68 bits per heavy atom. The number of halogens is 4. The molecular weight excluding hydrogens is 384 g/mol. The first-order chi connectivity index (χ1) is 8.99. The van der Waals surface area contributed by atoms with Gasteiger partial charge in [-0.15, -0.1) is 0 Å². The molecule has 1 aromatic carbocycles. The minimum Gasteiger partial charge on any atom is -0.386 e. The molecule has 0 amide bonds. The van der Waals surface area contributed by atoms with E-state index in [0.717, 1.165) is 10.5 Å². The molecule has 2 nitrogen and oxygen atoms in total. The van der Waals surface area contributed by atoms with E-state index in [1.165, 1.54) is 18.3 Å². The molecule has 2 rings (SSSR count). The predicted molar refractivity (Wildman–Crippen MR) is 74.7 cm³/mol. The van der Waals surface area contributed by atoms with E-state index < -0.39 is 17.7 Å². The summed E-state index contributed by atoms with van der Waals surface area (Å²) in [5.41, 5.74) is 0.496. The van der Waals surface area contributed by atoms with E-state index in [9.17, 15) is 13.9 Å². The first-order valence-electron chi connectivity index (χ1n) is 5.41. The highest BCUT2D eigenvalue weighted by Crippen LogP contribution is 2.27. The molecule has 0 saturated heterocycles. The Morgan fingerprint density at radius 1 is 1.26 bits per heavy atom. The zero-order chi connectivity index (χ0) is 14.0. The predicted octanol–water partition coefficient (Wildman–Crippen LogP) is 4.16. The van der Waals surface area contributed by atoms with Crippen molar-refractivity contribution in [2.45, 2.75) is 12.5 Å². The molecule has 0 bridgehead atoms. The third kappa shape index (κ3) is 3.38. The van der Waals surface area contributed by atoms with Gasteiger partial charge < -0.3 is 5.11 Å². The Kier molecular flexibility index (Phi) is 4.65. The molecule has 0 spiro atoms. The Morgan fingerprint density at radius 2 is 2.00 bits per heavy atom. The molecule has 1 N–H and O–H groups in total. The fourth-order valence-corrected chi connectivity index (χ4v) is 2.93. The number of nitrogens with zero attached hydrogens (tertiary/aromatic N) is 1. The first-order valence-corrected chi connectivity index (χ1v) is 6.99. The van der Waals surface area contributed by atoms with E-state index >= 15 is 0 Å². The van der Waals surface area contributed by atoms with Crippen LogP contribution in [0.4, 0.5) is 8.78 Å². The molecule has 19 heavy (non-hydrogen) atoms. The van der Waals surface area contributed by atoms with Gasteiger partial charge in [-0.1, -0.05) is 12.1 Å². The highest BCUT2D eigenvalue weighted by molar-refractivity contribution is 9.11. The van der Waals surface area contributed by atoms with Gasteiger partial charge in [-0.2, -0.15) is 0 Å². The monoisotopic (exact) mass is 391 g/mol. The van der Waals surface area contributed by atoms with Gasteiger partial charge in [0.2, 0.25) is 0 Å². The van der Waals surface area contributed by atoms with E-state index in [1.807, 2.05) is 0 Å². The van der Waals surface area contributed by atoms with Crippen molar-refractivity contribution in [1.82, 2.24) is 4.98 Å². The van der Waals surface area contributed by atoms with Gasteiger partial charge in [-0.3, -0.25) is 4.98 Å². The lowest BCUT2D eigenvalue weighted by Crippen LogP contribution is -2.07. The molecular formula is C13H9Br2F2NO. The van der Waals surface area contributed by atoms with Crippen LogP contribution in [0, 0.1) is 11.6 Å². The molecule has 0 aliphatic heterocycles. The zero-order valence-corrected chi connectivity index (χ0v) is 12.7. The molecule has 0 aliphatic rings. The Balaban J connectivity index is 2.25. The van der Waals surface area contributed by atoms with Crippen LogP contribution in [0.5, 0.6) is 0 Å². The van der Waals surface area contributed by atoms with E-state index in [0.29, 0.717) is 10.2 Å². The van der Waals surface area contributed by atoms with Crippen LogP contribution in [0.15, 0.2) is 39.4 Å². The SMILES string of the molecule is OC(Cc1cccc(F)c1F)c1ncc(Br)cc1Br. The molecule has 0 saturated carbocycles. The average Bonchev–Trinajstić information content (AvgIpc) is 2.34. The van der Waals surface area contributed by atoms with E-state index in [1.54, 1.807) is 6.07 Å². The van der Waals surface area contributed by atoms with Crippen LogP contribution in [0.25, 0.3) is 0 Å². The van der Waals surface area contributed by atoms with Crippen molar-refractivity contribution >= 4 is 31.9 Å². The number of hydrogen-bond donors (Lipinski definition) is 1. The van der Waals surface area contributed by atoms with Crippen LogP contribution in [0.2, 0.25) is 0 Å². The van der Waals surface area contributed by atoms with Crippen LogP contribution < -0.4 is 0 Å². The van der Waals surface area contributed by atoms with Gasteiger partial charge in [0.05, 0.1) is 5.69 Å². The molecule has 0 fully saturated rings. The lowest BCUT2D eigenvalue weighted by molar-refractivity contribution is 0.171. The molecule has 0 aliphatic carbocycles. The quantitative estimate of drug-likeness (QED) is 0.850. The number of benzene rings is 1. The maximum absolute atomic E-state index is 13.5. The summed E-state index contributed by atoms with van der Waals surface area (Å²) in [4.78, 5) is 4.07. The van der Waals surface area contributed by atoms with Crippen LogP contribution in [0.3, 0.4) is 0 Å². The highest BCUT2D eigenvalue weighted by atomic mass is 79.9.